The van der Waals surface area contributed by atoms with Crippen molar-refractivity contribution in [2.24, 2.45) is 10.7 Å². The minimum atomic E-state index is -0.395. The number of carbonyl (C=O) groups is 1. The molecule has 2 heterocycles. The van der Waals surface area contributed by atoms with Crippen molar-refractivity contribution in [2.45, 2.75) is 12.5 Å². The molecule has 1 aliphatic rings. The zero-order chi connectivity index (χ0) is 20.6. The largest absolute Gasteiger partial charge is 0.398 e. The number of nitrogens with two attached hydrogens (primary N) is 1. The summed E-state index contributed by atoms with van der Waals surface area (Å²) in [7, 11) is 0. The Morgan fingerprint density at radius 1 is 1.34 bits per heavy atom. The molecule has 0 saturated heterocycles. The van der Waals surface area contributed by atoms with Gasteiger partial charge in [-0.2, -0.15) is 0 Å². The second kappa shape index (κ2) is 9.71. The minimum absolute atomic E-state index is 0.0287. The number of carbonyl (C=O) groups excluding carboxylic acids is 1. The molecule has 29 heavy (non-hydrogen) atoms. The van der Waals surface area contributed by atoms with Crippen LogP contribution in [0.1, 0.15) is 18.0 Å². The number of aromatic nitrogens is 1. The van der Waals surface area contributed by atoms with E-state index in [0.29, 0.717) is 22.7 Å². The van der Waals surface area contributed by atoms with E-state index in [-0.39, 0.29) is 18.5 Å². The molecule has 0 radical (unpaired) electrons. The first-order chi connectivity index (χ1) is 14.1. The average Bonchev–Trinajstić information content (AvgIpc) is 2.83. The number of hydrogen-bond donors (Lipinski definition) is 1. The van der Waals surface area contributed by atoms with Gasteiger partial charge >= 0.3 is 0 Å². The smallest absolute Gasteiger partial charge is 0.268 e. The maximum absolute atomic E-state index is 13.3. The van der Waals surface area contributed by atoms with Crippen LogP contribution in [0.4, 0.5) is 10.1 Å². The number of benzene rings is 1. The first-order valence-electron chi connectivity index (χ1n) is 8.85. The molecule has 1 aromatic heterocycles. The van der Waals surface area contributed by atoms with Crippen LogP contribution in [0.5, 0.6) is 0 Å². The SMILES string of the molecule is C#CCN(C(=O)/C1=C(N)/C=C/CC(c2cccnc2)/N=C/S1)c1ccc(F)cc1. The van der Waals surface area contributed by atoms with Gasteiger partial charge in [0.2, 0.25) is 0 Å². The third kappa shape index (κ3) is 5.12. The number of terminal acetylenes is 1. The average molecular weight is 406 g/mol. The molecule has 0 saturated carbocycles. The molecule has 0 bridgehead atoms. The Bertz CT molecular complexity index is 994. The number of pyridine rings is 1. The lowest BCUT2D eigenvalue weighted by Gasteiger charge is -2.21. The molecule has 0 aliphatic carbocycles. The molecule has 1 aromatic carbocycles. The quantitative estimate of drug-likeness (QED) is 0.784. The fourth-order valence-corrected chi connectivity index (χ4v) is 3.50. The Kier molecular flexibility index (Phi) is 6.82. The van der Waals surface area contributed by atoms with Crippen LogP contribution < -0.4 is 10.6 Å². The van der Waals surface area contributed by atoms with Gasteiger partial charge < -0.3 is 5.73 Å². The van der Waals surface area contributed by atoms with Crippen LogP contribution in [-0.4, -0.2) is 23.0 Å². The second-order valence-electron chi connectivity index (χ2n) is 6.17. The van der Waals surface area contributed by atoms with Crippen molar-refractivity contribution in [1.29, 1.82) is 0 Å². The van der Waals surface area contributed by atoms with Crippen molar-refractivity contribution < 1.29 is 9.18 Å². The molecule has 2 N–H and O–H groups in total. The van der Waals surface area contributed by atoms with E-state index in [0.717, 1.165) is 17.3 Å². The molecule has 5 nitrogen and oxygen atoms in total. The molecule has 0 fully saturated rings. The fraction of sp³-hybridized carbons (Fsp3) is 0.136. The zero-order valence-corrected chi connectivity index (χ0v) is 16.3. The van der Waals surface area contributed by atoms with Crippen LogP contribution in [0.2, 0.25) is 0 Å². The van der Waals surface area contributed by atoms with Gasteiger partial charge in [-0.15, -0.1) is 6.42 Å². The highest BCUT2D eigenvalue weighted by molar-refractivity contribution is 8.16. The third-order valence-electron chi connectivity index (χ3n) is 4.23. The topological polar surface area (TPSA) is 71.6 Å². The zero-order valence-electron chi connectivity index (χ0n) is 15.5. The summed E-state index contributed by atoms with van der Waals surface area (Å²) >= 11 is 1.13. The molecule has 7 heteroatoms. The van der Waals surface area contributed by atoms with Crippen molar-refractivity contribution in [2.75, 3.05) is 11.4 Å². The monoisotopic (exact) mass is 406 g/mol. The van der Waals surface area contributed by atoms with E-state index in [1.54, 1.807) is 24.0 Å². The normalized spacial score (nSPS) is 21.2. The number of allylic oxidation sites excluding steroid dienone is 1. The molecule has 1 amide bonds. The van der Waals surface area contributed by atoms with E-state index in [1.165, 1.54) is 29.2 Å². The van der Waals surface area contributed by atoms with Crippen molar-refractivity contribution >= 4 is 28.9 Å². The van der Waals surface area contributed by atoms with E-state index in [9.17, 15) is 9.18 Å². The molecule has 3 rings (SSSR count). The molecule has 1 unspecified atom stereocenters. The molecule has 1 atom stereocenters. The fourth-order valence-electron chi connectivity index (χ4n) is 2.77. The van der Waals surface area contributed by atoms with Crippen LogP contribution in [0, 0.1) is 18.2 Å². The Labute approximate surface area is 173 Å². The first-order valence-corrected chi connectivity index (χ1v) is 9.73. The number of thioether (sulfide) groups is 1. The first kappa shape index (κ1) is 20.4. The van der Waals surface area contributed by atoms with Gasteiger partial charge in [0, 0.05) is 18.1 Å². The van der Waals surface area contributed by atoms with Crippen molar-refractivity contribution in [3.63, 3.8) is 0 Å². The van der Waals surface area contributed by atoms with Crippen LogP contribution in [0.25, 0.3) is 0 Å². The number of nitrogens with zero attached hydrogens (tertiary/aromatic N) is 3. The standard InChI is InChI=1S/C22H19FN4OS/c1-2-13-27(18-10-8-17(23)9-11-18)22(28)21-19(24)6-3-7-20(26-15-29-21)16-5-4-12-25-14-16/h1,3-6,8-12,14-15,20H,7,13,24H2/b6-3+,21-19+,26-15+. The Hall–Kier alpha value is -3.37. The number of rotatable bonds is 4. The molecular weight excluding hydrogens is 387 g/mol. The van der Waals surface area contributed by atoms with Gasteiger partial charge in [0.15, 0.2) is 0 Å². The van der Waals surface area contributed by atoms with Gasteiger partial charge in [-0.3, -0.25) is 19.7 Å². The lowest BCUT2D eigenvalue weighted by Crippen LogP contribution is -2.33. The summed E-state index contributed by atoms with van der Waals surface area (Å²) in [5.41, 5.74) is 9.58. The number of aliphatic imine (C=N–C) groups is 1. The number of halogens is 1. The Morgan fingerprint density at radius 2 is 2.14 bits per heavy atom. The van der Waals surface area contributed by atoms with E-state index >= 15 is 0 Å². The van der Waals surface area contributed by atoms with E-state index < -0.39 is 5.82 Å². The number of amides is 1. The van der Waals surface area contributed by atoms with E-state index in [4.69, 9.17) is 12.2 Å². The maximum Gasteiger partial charge on any atom is 0.268 e. The summed E-state index contributed by atoms with van der Waals surface area (Å²) in [6, 6.07) is 9.26. The van der Waals surface area contributed by atoms with Gasteiger partial charge in [0.1, 0.15) is 10.7 Å². The van der Waals surface area contributed by atoms with Gasteiger partial charge in [-0.25, -0.2) is 4.39 Å². The molecule has 146 valence electrons. The molecule has 2 aromatic rings. The van der Waals surface area contributed by atoms with Gasteiger partial charge in [-0.1, -0.05) is 29.8 Å². The third-order valence-corrected chi connectivity index (χ3v) is 5.10. The predicted octanol–water partition coefficient (Wildman–Crippen LogP) is 3.82. The van der Waals surface area contributed by atoms with Crippen LogP contribution in [0.15, 0.2) is 76.5 Å². The van der Waals surface area contributed by atoms with E-state index in [1.807, 2.05) is 18.2 Å². The summed E-state index contributed by atoms with van der Waals surface area (Å²) in [6.45, 7) is 0.0287. The van der Waals surface area contributed by atoms with Crippen molar-refractivity contribution in [3.05, 3.63) is 82.9 Å². The Balaban J connectivity index is 1.87. The van der Waals surface area contributed by atoms with Gasteiger partial charge in [0.25, 0.3) is 5.91 Å². The van der Waals surface area contributed by atoms with Crippen LogP contribution in [0.3, 0.4) is 0 Å². The summed E-state index contributed by atoms with van der Waals surface area (Å²) in [5, 5.41) is 0. The summed E-state index contributed by atoms with van der Waals surface area (Å²) in [4.78, 5) is 23.6. The molecule has 1 aliphatic heterocycles. The maximum atomic E-state index is 13.3. The summed E-state index contributed by atoms with van der Waals surface area (Å²) in [6.07, 6.45) is 13.1. The highest BCUT2D eigenvalue weighted by Gasteiger charge is 2.22. The lowest BCUT2D eigenvalue weighted by atomic mass is 10.1. The number of anilines is 1. The molecular formula is C22H19FN4OS. The lowest BCUT2D eigenvalue weighted by molar-refractivity contribution is -0.114. The second-order valence-corrected chi connectivity index (χ2v) is 7.02. The van der Waals surface area contributed by atoms with Gasteiger partial charge in [0.05, 0.1) is 23.8 Å². The molecule has 0 spiro atoms. The summed E-state index contributed by atoms with van der Waals surface area (Å²) < 4.78 is 13.3. The Morgan fingerprint density at radius 3 is 2.83 bits per heavy atom. The van der Waals surface area contributed by atoms with Crippen molar-refractivity contribution in [1.82, 2.24) is 4.98 Å². The van der Waals surface area contributed by atoms with Crippen molar-refractivity contribution in [3.8, 4) is 12.3 Å². The summed E-state index contributed by atoms with van der Waals surface area (Å²) in [5.74, 6) is 1.70. The highest BCUT2D eigenvalue weighted by atomic mass is 32.2. The highest BCUT2D eigenvalue weighted by Crippen LogP contribution is 2.28. The number of hydrogen-bond acceptors (Lipinski definition) is 5. The van der Waals surface area contributed by atoms with E-state index in [2.05, 4.69) is 15.9 Å². The van der Waals surface area contributed by atoms with Crippen LogP contribution in [-0.2, 0) is 4.79 Å². The predicted molar refractivity (Wildman–Crippen MR) is 116 cm³/mol. The van der Waals surface area contributed by atoms with Crippen LogP contribution >= 0.6 is 11.8 Å². The van der Waals surface area contributed by atoms with Gasteiger partial charge in [-0.05, 0) is 48.4 Å². The minimum Gasteiger partial charge on any atom is -0.398 e.